The third kappa shape index (κ3) is 41.6. The van der Waals surface area contributed by atoms with Gasteiger partial charge in [0.1, 0.15) is 13.2 Å². The first-order chi connectivity index (χ1) is 27.0. The summed E-state index contributed by atoms with van der Waals surface area (Å²) in [6, 6.07) is 0. The zero-order valence-corrected chi connectivity index (χ0v) is 35.4. The molecule has 0 N–H and O–H groups in total. The van der Waals surface area contributed by atoms with Crippen molar-refractivity contribution < 1.29 is 28.6 Å². The summed E-state index contributed by atoms with van der Waals surface area (Å²) in [5, 5.41) is 0. The summed E-state index contributed by atoms with van der Waals surface area (Å²) in [5.41, 5.74) is 0. The monoisotopic (exact) mass is 765 g/mol. The van der Waals surface area contributed by atoms with E-state index in [9.17, 15) is 14.4 Å². The highest BCUT2D eigenvalue weighted by Crippen LogP contribution is 2.11. The molecule has 6 nitrogen and oxygen atoms in total. The first-order valence-electron chi connectivity index (χ1n) is 22.1. The highest BCUT2D eigenvalue weighted by Gasteiger charge is 2.19. The molecule has 0 aromatic carbocycles. The van der Waals surface area contributed by atoms with E-state index in [1.54, 1.807) is 0 Å². The SMILES string of the molecule is CC/C=C\C/C=C\CCCCC(=O)OCC(COC(=O)CCC/C=C\C/C=C\C/C=C\C/C=C\CCCCC)OC(=O)CCCCCCC/C=C\CCCC. The lowest BCUT2D eigenvalue weighted by molar-refractivity contribution is -0.167. The molecule has 55 heavy (non-hydrogen) atoms. The van der Waals surface area contributed by atoms with Gasteiger partial charge in [0, 0.05) is 19.3 Å². The lowest BCUT2D eigenvalue weighted by Crippen LogP contribution is -2.30. The average Bonchev–Trinajstić information content (AvgIpc) is 3.18. The maximum absolute atomic E-state index is 12.7. The fourth-order valence-corrected chi connectivity index (χ4v) is 5.51. The Morgan fingerprint density at radius 3 is 1.29 bits per heavy atom. The Kier molecular flexibility index (Phi) is 40.6. The predicted octanol–water partition coefficient (Wildman–Crippen LogP) is 14.1. The van der Waals surface area contributed by atoms with E-state index in [1.165, 1.54) is 51.4 Å². The van der Waals surface area contributed by atoms with Crippen LogP contribution in [0.25, 0.3) is 0 Å². The fraction of sp³-hybridized carbons (Fsp3) is 0.653. The molecule has 0 spiro atoms. The van der Waals surface area contributed by atoms with Crippen molar-refractivity contribution in [1.29, 1.82) is 0 Å². The van der Waals surface area contributed by atoms with Gasteiger partial charge in [-0.25, -0.2) is 0 Å². The van der Waals surface area contributed by atoms with Crippen LogP contribution >= 0.6 is 0 Å². The van der Waals surface area contributed by atoms with E-state index < -0.39 is 6.10 Å². The topological polar surface area (TPSA) is 78.9 Å². The van der Waals surface area contributed by atoms with Crippen molar-refractivity contribution in [2.75, 3.05) is 13.2 Å². The third-order valence-electron chi connectivity index (χ3n) is 8.85. The molecule has 0 heterocycles. The zero-order chi connectivity index (χ0) is 40.1. The number of hydrogen-bond acceptors (Lipinski definition) is 6. The second-order valence-corrected chi connectivity index (χ2v) is 14.2. The van der Waals surface area contributed by atoms with Crippen LogP contribution in [0, 0.1) is 0 Å². The summed E-state index contributed by atoms with van der Waals surface area (Å²) in [7, 11) is 0. The average molecular weight is 765 g/mol. The van der Waals surface area contributed by atoms with Crippen LogP contribution in [0.3, 0.4) is 0 Å². The first-order valence-corrected chi connectivity index (χ1v) is 22.1. The first kappa shape index (κ1) is 51.6. The lowest BCUT2D eigenvalue weighted by Gasteiger charge is -2.18. The van der Waals surface area contributed by atoms with Gasteiger partial charge in [-0.15, -0.1) is 0 Å². The Labute approximate surface area is 337 Å². The Bertz CT molecular complexity index is 1110. The number of carbonyl (C=O) groups is 3. The number of hydrogen-bond donors (Lipinski definition) is 0. The molecule has 0 aliphatic heterocycles. The molecule has 0 aromatic rings. The van der Waals surface area contributed by atoms with Crippen LogP contribution in [-0.2, 0) is 28.6 Å². The van der Waals surface area contributed by atoms with Crippen LogP contribution in [0.15, 0.2) is 85.1 Å². The minimum absolute atomic E-state index is 0.116. The Hall–Kier alpha value is -3.41. The van der Waals surface area contributed by atoms with Gasteiger partial charge in [0.05, 0.1) is 0 Å². The Balaban J connectivity index is 4.49. The van der Waals surface area contributed by atoms with Crippen molar-refractivity contribution in [1.82, 2.24) is 0 Å². The van der Waals surface area contributed by atoms with E-state index in [4.69, 9.17) is 14.2 Å². The molecule has 0 saturated carbocycles. The van der Waals surface area contributed by atoms with Crippen LogP contribution < -0.4 is 0 Å². The van der Waals surface area contributed by atoms with E-state index in [0.29, 0.717) is 19.3 Å². The molecule has 0 rings (SSSR count). The third-order valence-corrected chi connectivity index (χ3v) is 8.85. The van der Waals surface area contributed by atoms with E-state index in [2.05, 4.69) is 106 Å². The number of rotatable bonds is 38. The number of ether oxygens (including phenoxy) is 3. The molecule has 312 valence electrons. The summed E-state index contributed by atoms with van der Waals surface area (Å²) in [5.74, 6) is -1.03. The van der Waals surface area contributed by atoms with E-state index in [1.807, 2.05) is 0 Å². The number of carbonyl (C=O) groups excluding carboxylic acids is 3. The standard InChI is InChI=1S/C49H80O6/c1-4-7-10-13-16-19-21-22-23-24-25-26-28-30-33-36-39-42-48(51)54-45-46(44-53-47(50)41-38-35-32-29-18-15-12-9-6-3)55-49(52)43-40-37-34-31-27-20-17-14-11-8-5-2/h9,12,14,16-19,22-23,25-26,29-30,33,46H,4-8,10-11,13,15,20-21,24,27-28,31-32,34-45H2,1-3H3/b12-9-,17-14-,19-16-,23-22-,26-25-,29-18-,33-30-. The zero-order valence-electron chi connectivity index (χ0n) is 35.4. The molecule has 0 saturated heterocycles. The summed E-state index contributed by atoms with van der Waals surface area (Å²) in [4.78, 5) is 37.6. The van der Waals surface area contributed by atoms with Gasteiger partial charge in [0.2, 0.25) is 0 Å². The normalized spacial score (nSPS) is 12.9. The predicted molar refractivity (Wildman–Crippen MR) is 233 cm³/mol. The molecule has 0 radical (unpaired) electrons. The van der Waals surface area contributed by atoms with Crippen LogP contribution in [0.4, 0.5) is 0 Å². The molecule has 0 aliphatic rings. The van der Waals surface area contributed by atoms with Gasteiger partial charge in [0.15, 0.2) is 6.10 Å². The molecule has 0 aromatic heterocycles. The van der Waals surface area contributed by atoms with Crippen molar-refractivity contribution in [2.45, 2.75) is 194 Å². The molecule has 0 bridgehead atoms. The molecule has 0 amide bonds. The smallest absolute Gasteiger partial charge is 0.306 e. The van der Waals surface area contributed by atoms with Gasteiger partial charge in [0.25, 0.3) is 0 Å². The maximum Gasteiger partial charge on any atom is 0.306 e. The second kappa shape index (κ2) is 43.3. The van der Waals surface area contributed by atoms with Crippen molar-refractivity contribution >= 4 is 17.9 Å². The van der Waals surface area contributed by atoms with Gasteiger partial charge < -0.3 is 14.2 Å². The lowest BCUT2D eigenvalue weighted by atomic mass is 10.1. The van der Waals surface area contributed by atoms with Crippen LogP contribution in [0.2, 0.25) is 0 Å². The van der Waals surface area contributed by atoms with Gasteiger partial charge >= 0.3 is 17.9 Å². The van der Waals surface area contributed by atoms with Crippen molar-refractivity contribution in [3.63, 3.8) is 0 Å². The minimum atomic E-state index is -0.812. The molecule has 0 fully saturated rings. The van der Waals surface area contributed by atoms with E-state index >= 15 is 0 Å². The van der Waals surface area contributed by atoms with Crippen molar-refractivity contribution in [3.05, 3.63) is 85.1 Å². The Morgan fingerprint density at radius 2 is 0.745 bits per heavy atom. The van der Waals surface area contributed by atoms with Crippen LogP contribution in [-0.4, -0.2) is 37.2 Å². The highest BCUT2D eigenvalue weighted by molar-refractivity contribution is 5.71. The molecule has 6 heteroatoms. The summed E-state index contributed by atoms with van der Waals surface area (Å²) >= 11 is 0. The minimum Gasteiger partial charge on any atom is -0.462 e. The quantitative estimate of drug-likeness (QED) is 0.0270. The molecule has 1 atom stereocenters. The fourth-order valence-electron chi connectivity index (χ4n) is 5.51. The molecular formula is C49H80O6. The number of allylic oxidation sites excluding steroid dienone is 14. The summed E-state index contributed by atoms with van der Waals surface area (Å²) in [6.07, 6.45) is 54.4. The van der Waals surface area contributed by atoms with Crippen LogP contribution in [0.5, 0.6) is 0 Å². The largest absolute Gasteiger partial charge is 0.462 e. The summed E-state index contributed by atoms with van der Waals surface area (Å²) in [6.45, 7) is 6.32. The van der Waals surface area contributed by atoms with E-state index in [0.717, 1.165) is 89.9 Å². The molecular weight excluding hydrogens is 685 g/mol. The van der Waals surface area contributed by atoms with Crippen molar-refractivity contribution in [3.8, 4) is 0 Å². The maximum atomic E-state index is 12.7. The number of esters is 3. The second-order valence-electron chi connectivity index (χ2n) is 14.2. The van der Waals surface area contributed by atoms with E-state index in [-0.39, 0.29) is 37.5 Å². The van der Waals surface area contributed by atoms with Gasteiger partial charge in [-0.1, -0.05) is 151 Å². The van der Waals surface area contributed by atoms with Crippen LogP contribution in [0.1, 0.15) is 188 Å². The Morgan fingerprint density at radius 1 is 0.382 bits per heavy atom. The number of unbranched alkanes of at least 4 members (excludes halogenated alkanes) is 13. The van der Waals surface area contributed by atoms with Gasteiger partial charge in [-0.3, -0.25) is 14.4 Å². The van der Waals surface area contributed by atoms with Gasteiger partial charge in [-0.2, -0.15) is 0 Å². The van der Waals surface area contributed by atoms with Gasteiger partial charge in [-0.05, 0) is 103 Å². The highest BCUT2D eigenvalue weighted by atomic mass is 16.6. The summed E-state index contributed by atoms with van der Waals surface area (Å²) < 4.78 is 16.6. The molecule has 0 aliphatic carbocycles. The van der Waals surface area contributed by atoms with Crippen molar-refractivity contribution in [2.24, 2.45) is 0 Å². The molecule has 1 unspecified atom stereocenters.